The first kappa shape index (κ1) is 15.7. The maximum absolute atomic E-state index is 12.7. The third-order valence-corrected chi connectivity index (χ3v) is 3.81. The van der Waals surface area contributed by atoms with Crippen LogP contribution in [0.5, 0.6) is 0 Å². The summed E-state index contributed by atoms with van der Waals surface area (Å²) in [5, 5.41) is 17.6. The molecule has 0 fully saturated rings. The van der Waals surface area contributed by atoms with E-state index in [1.165, 1.54) is 0 Å². The standard InChI is InChI=1S/C18H15N7O/c1-12-20-17(23-22-12)15-7-2-3-8-16(15)21-18(26)13-5-4-6-14(11-13)25-10-9-19-24-25/h2-11H,1H3,(H,21,26)(H,20,22,23). The number of hydrogen-bond acceptors (Lipinski definition) is 5. The summed E-state index contributed by atoms with van der Waals surface area (Å²) in [6, 6.07) is 14.6. The predicted octanol–water partition coefficient (Wildman–Crippen LogP) is 2.61. The highest BCUT2D eigenvalue weighted by Crippen LogP contribution is 2.25. The molecule has 0 aliphatic rings. The number of aryl methyl sites for hydroxylation is 1. The van der Waals surface area contributed by atoms with Crippen LogP contribution in [-0.2, 0) is 0 Å². The molecule has 2 aromatic carbocycles. The predicted molar refractivity (Wildman–Crippen MR) is 95.9 cm³/mol. The highest BCUT2D eigenvalue weighted by atomic mass is 16.1. The Morgan fingerprint density at radius 1 is 1.15 bits per heavy atom. The van der Waals surface area contributed by atoms with Gasteiger partial charge in [0.2, 0.25) is 0 Å². The number of hydrogen-bond donors (Lipinski definition) is 2. The van der Waals surface area contributed by atoms with Crippen molar-refractivity contribution < 1.29 is 4.79 Å². The van der Waals surface area contributed by atoms with Crippen molar-refractivity contribution in [2.24, 2.45) is 0 Å². The number of nitrogens with zero attached hydrogens (tertiary/aromatic N) is 5. The number of aromatic nitrogens is 6. The Kier molecular flexibility index (Phi) is 3.98. The SMILES string of the molecule is Cc1nc(-c2ccccc2NC(=O)c2cccc(-n3ccnn3)c2)n[nH]1. The van der Waals surface area contributed by atoms with Crippen LogP contribution in [0.1, 0.15) is 16.2 Å². The Morgan fingerprint density at radius 2 is 2.04 bits per heavy atom. The van der Waals surface area contributed by atoms with Crippen LogP contribution in [-0.4, -0.2) is 36.1 Å². The lowest BCUT2D eigenvalue weighted by molar-refractivity contribution is 0.102. The average molecular weight is 345 g/mol. The van der Waals surface area contributed by atoms with Crippen LogP contribution in [0.15, 0.2) is 60.9 Å². The topological polar surface area (TPSA) is 101 Å². The largest absolute Gasteiger partial charge is 0.321 e. The van der Waals surface area contributed by atoms with E-state index in [2.05, 4.69) is 30.8 Å². The van der Waals surface area contributed by atoms with Crippen molar-refractivity contribution in [1.29, 1.82) is 0 Å². The molecule has 0 aliphatic carbocycles. The van der Waals surface area contributed by atoms with E-state index in [1.807, 2.05) is 37.3 Å². The number of carbonyl (C=O) groups excluding carboxylic acids is 1. The van der Waals surface area contributed by atoms with E-state index >= 15 is 0 Å². The van der Waals surface area contributed by atoms with E-state index in [0.717, 1.165) is 11.3 Å². The summed E-state index contributed by atoms with van der Waals surface area (Å²) in [6.45, 7) is 1.83. The van der Waals surface area contributed by atoms with Gasteiger partial charge in [-0.3, -0.25) is 9.89 Å². The lowest BCUT2D eigenvalue weighted by atomic mass is 10.1. The van der Waals surface area contributed by atoms with Crippen molar-refractivity contribution in [2.45, 2.75) is 6.92 Å². The number of para-hydroxylation sites is 1. The van der Waals surface area contributed by atoms with Crippen molar-refractivity contribution >= 4 is 11.6 Å². The van der Waals surface area contributed by atoms with Crippen LogP contribution >= 0.6 is 0 Å². The van der Waals surface area contributed by atoms with Gasteiger partial charge in [-0.25, -0.2) is 9.67 Å². The number of amides is 1. The Bertz CT molecular complexity index is 1050. The number of H-pyrrole nitrogens is 1. The molecule has 2 N–H and O–H groups in total. The van der Waals surface area contributed by atoms with Crippen LogP contribution in [0.25, 0.3) is 17.1 Å². The van der Waals surface area contributed by atoms with Gasteiger partial charge in [0.05, 0.1) is 23.8 Å². The van der Waals surface area contributed by atoms with Gasteiger partial charge in [-0.2, -0.15) is 5.10 Å². The molecular weight excluding hydrogens is 330 g/mol. The van der Waals surface area contributed by atoms with E-state index in [4.69, 9.17) is 0 Å². The van der Waals surface area contributed by atoms with E-state index in [1.54, 1.807) is 35.3 Å². The molecule has 0 saturated carbocycles. The Balaban J connectivity index is 1.63. The monoisotopic (exact) mass is 345 g/mol. The maximum atomic E-state index is 12.7. The molecule has 4 rings (SSSR count). The third kappa shape index (κ3) is 3.07. The molecule has 0 saturated heterocycles. The first-order valence-electron chi connectivity index (χ1n) is 7.97. The quantitative estimate of drug-likeness (QED) is 0.592. The molecule has 8 heteroatoms. The molecule has 128 valence electrons. The molecule has 1 amide bonds. The van der Waals surface area contributed by atoms with Gasteiger partial charge in [0.15, 0.2) is 5.82 Å². The summed E-state index contributed by atoms with van der Waals surface area (Å²) >= 11 is 0. The number of nitrogens with one attached hydrogen (secondary N) is 2. The van der Waals surface area contributed by atoms with Gasteiger partial charge in [-0.15, -0.1) is 5.10 Å². The van der Waals surface area contributed by atoms with Gasteiger partial charge in [-0.1, -0.05) is 23.4 Å². The molecule has 0 bridgehead atoms. The molecule has 0 spiro atoms. The lowest BCUT2D eigenvalue weighted by Gasteiger charge is -2.10. The lowest BCUT2D eigenvalue weighted by Crippen LogP contribution is -2.13. The Labute approximate surface area is 148 Å². The van der Waals surface area contributed by atoms with Crippen molar-refractivity contribution in [1.82, 2.24) is 30.2 Å². The van der Waals surface area contributed by atoms with Crippen LogP contribution in [0.4, 0.5) is 5.69 Å². The van der Waals surface area contributed by atoms with E-state index in [0.29, 0.717) is 22.9 Å². The summed E-state index contributed by atoms with van der Waals surface area (Å²) in [5.41, 5.74) is 2.66. The number of aromatic amines is 1. The zero-order valence-electron chi connectivity index (χ0n) is 13.9. The fourth-order valence-electron chi connectivity index (χ4n) is 2.58. The minimum Gasteiger partial charge on any atom is -0.321 e. The van der Waals surface area contributed by atoms with Gasteiger partial charge in [0.25, 0.3) is 5.91 Å². The van der Waals surface area contributed by atoms with Crippen molar-refractivity contribution in [2.75, 3.05) is 5.32 Å². The second kappa shape index (κ2) is 6.60. The smallest absolute Gasteiger partial charge is 0.255 e. The highest BCUT2D eigenvalue weighted by Gasteiger charge is 2.13. The number of anilines is 1. The van der Waals surface area contributed by atoms with Gasteiger partial charge in [0, 0.05) is 11.1 Å². The maximum Gasteiger partial charge on any atom is 0.255 e. The molecule has 2 heterocycles. The molecule has 26 heavy (non-hydrogen) atoms. The first-order valence-corrected chi connectivity index (χ1v) is 7.97. The van der Waals surface area contributed by atoms with Crippen molar-refractivity contribution in [3.05, 3.63) is 72.3 Å². The summed E-state index contributed by atoms with van der Waals surface area (Å²) in [7, 11) is 0. The molecule has 0 aliphatic heterocycles. The average Bonchev–Trinajstić information content (AvgIpc) is 3.34. The summed E-state index contributed by atoms with van der Waals surface area (Å²) in [5.74, 6) is 1.02. The second-order valence-electron chi connectivity index (χ2n) is 5.64. The van der Waals surface area contributed by atoms with Crippen LogP contribution in [0.3, 0.4) is 0 Å². The van der Waals surface area contributed by atoms with Gasteiger partial charge < -0.3 is 5.32 Å². The summed E-state index contributed by atoms with van der Waals surface area (Å²) < 4.78 is 1.60. The highest BCUT2D eigenvalue weighted by molar-refractivity contribution is 6.06. The Hall–Kier alpha value is -3.81. The number of carbonyl (C=O) groups is 1. The van der Waals surface area contributed by atoms with E-state index < -0.39 is 0 Å². The molecule has 0 unspecified atom stereocenters. The van der Waals surface area contributed by atoms with Crippen LogP contribution in [0.2, 0.25) is 0 Å². The zero-order valence-corrected chi connectivity index (χ0v) is 13.9. The minimum atomic E-state index is -0.230. The Morgan fingerprint density at radius 3 is 2.81 bits per heavy atom. The summed E-state index contributed by atoms with van der Waals surface area (Å²) in [4.78, 5) is 17.1. The summed E-state index contributed by atoms with van der Waals surface area (Å²) in [6.07, 6.45) is 3.31. The normalized spacial score (nSPS) is 10.7. The van der Waals surface area contributed by atoms with Gasteiger partial charge in [0.1, 0.15) is 5.82 Å². The van der Waals surface area contributed by atoms with Gasteiger partial charge in [-0.05, 0) is 37.3 Å². The van der Waals surface area contributed by atoms with E-state index in [9.17, 15) is 4.79 Å². The number of rotatable bonds is 4. The molecule has 0 atom stereocenters. The van der Waals surface area contributed by atoms with Gasteiger partial charge >= 0.3 is 0 Å². The first-order chi connectivity index (χ1) is 12.7. The van der Waals surface area contributed by atoms with Crippen molar-refractivity contribution in [3.8, 4) is 17.1 Å². The fraction of sp³-hybridized carbons (Fsp3) is 0.0556. The minimum absolute atomic E-state index is 0.230. The third-order valence-electron chi connectivity index (χ3n) is 3.81. The van der Waals surface area contributed by atoms with Crippen LogP contribution in [0, 0.1) is 6.92 Å². The molecule has 8 nitrogen and oxygen atoms in total. The van der Waals surface area contributed by atoms with Crippen molar-refractivity contribution in [3.63, 3.8) is 0 Å². The molecule has 0 radical (unpaired) electrons. The van der Waals surface area contributed by atoms with E-state index in [-0.39, 0.29) is 5.91 Å². The van der Waals surface area contributed by atoms with Crippen LogP contribution < -0.4 is 5.32 Å². The molecule has 2 aromatic heterocycles. The second-order valence-corrected chi connectivity index (χ2v) is 5.64. The number of benzene rings is 2. The molecular formula is C18H15N7O. The zero-order chi connectivity index (χ0) is 17.9. The molecule has 4 aromatic rings. The fourth-order valence-corrected chi connectivity index (χ4v) is 2.58.